The van der Waals surface area contributed by atoms with E-state index in [-0.39, 0.29) is 0 Å². The molecule has 0 N–H and O–H groups in total. The standard InChI is InChI=1S/C7H8I2Si/c8-6-2-1-5(4-10)7(9)3-6/h1-3H,4H2,10H3. The summed E-state index contributed by atoms with van der Waals surface area (Å²) in [6, 6.07) is 7.91. The van der Waals surface area contributed by atoms with Crippen LogP contribution in [0.2, 0.25) is 0 Å². The van der Waals surface area contributed by atoms with Crippen molar-refractivity contribution in [1.29, 1.82) is 0 Å². The molecule has 0 amide bonds. The minimum atomic E-state index is 1.27. The summed E-state index contributed by atoms with van der Waals surface area (Å²) >= 11 is 4.75. The van der Waals surface area contributed by atoms with E-state index in [0.29, 0.717) is 0 Å². The molecule has 0 radical (unpaired) electrons. The fourth-order valence-corrected chi connectivity index (χ4v) is 4.13. The van der Waals surface area contributed by atoms with Gasteiger partial charge in [0, 0.05) is 17.4 Å². The van der Waals surface area contributed by atoms with E-state index in [2.05, 4.69) is 63.4 Å². The highest BCUT2D eigenvalue weighted by molar-refractivity contribution is 14.1. The molecule has 0 atom stereocenters. The Hall–Kier alpha value is 0.897. The Morgan fingerprint density at radius 1 is 1.30 bits per heavy atom. The lowest BCUT2D eigenvalue weighted by atomic mass is 10.2. The van der Waals surface area contributed by atoms with E-state index in [0.717, 1.165) is 0 Å². The molecular formula is C7H8I2Si. The molecule has 0 aliphatic heterocycles. The van der Waals surface area contributed by atoms with Crippen molar-refractivity contribution in [2.75, 3.05) is 0 Å². The monoisotopic (exact) mass is 374 g/mol. The Kier molecular flexibility index (Phi) is 3.65. The maximum absolute atomic E-state index is 2.40. The van der Waals surface area contributed by atoms with Crippen molar-refractivity contribution in [2.24, 2.45) is 0 Å². The van der Waals surface area contributed by atoms with Crippen molar-refractivity contribution in [3.8, 4) is 0 Å². The van der Waals surface area contributed by atoms with Gasteiger partial charge in [0.1, 0.15) is 0 Å². The van der Waals surface area contributed by atoms with Crippen molar-refractivity contribution in [3.63, 3.8) is 0 Å². The SMILES string of the molecule is [SiH3]Cc1ccc(I)cc1I. The van der Waals surface area contributed by atoms with E-state index in [1.165, 1.54) is 29.0 Å². The lowest BCUT2D eigenvalue weighted by Gasteiger charge is -1.99. The van der Waals surface area contributed by atoms with Gasteiger partial charge in [-0.25, -0.2) is 0 Å². The second-order valence-corrected chi connectivity index (χ2v) is 5.20. The minimum absolute atomic E-state index is 1.27. The first-order valence-electron chi connectivity index (χ1n) is 3.18. The Labute approximate surface area is 91.5 Å². The lowest BCUT2D eigenvalue weighted by molar-refractivity contribution is 1.35. The normalized spacial score (nSPS) is 10.2. The van der Waals surface area contributed by atoms with E-state index in [9.17, 15) is 0 Å². The van der Waals surface area contributed by atoms with Crippen molar-refractivity contribution in [3.05, 3.63) is 30.9 Å². The van der Waals surface area contributed by atoms with Crippen LogP contribution in [0, 0.1) is 7.14 Å². The van der Waals surface area contributed by atoms with Gasteiger partial charge in [-0.05, 0) is 68.9 Å². The summed E-state index contributed by atoms with van der Waals surface area (Å²) < 4.78 is 2.75. The Bertz CT molecular complexity index is 235. The highest BCUT2D eigenvalue weighted by atomic mass is 127. The Morgan fingerprint density at radius 3 is 2.50 bits per heavy atom. The molecular weight excluding hydrogens is 366 g/mol. The van der Waals surface area contributed by atoms with Crippen LogP contribution in [-0.4, -0.2) is 10.2 Å². The number of hydrogen-bond donors (Lipinski definition) is 0. The quantitative estimate of drug-likeness (QED) is 0.520. The number of benzene rings is 1. The van der Waals surface area contributed by atoms with Crippen LogP contribution >= 0.6 is 45.2 Å². The zero-order valence-electron chi connectivity index (χ0n) is 5.70. The van der Waals surface area contributed by atoms with E-state index in [1.54, 1.807) is 0 Å². The number of hydrogen-bond acceptors (Lipinski definition) is 0. The van der Waals surface area contributed by atoms with Crippen LogP contribution in [0.15, 0.2) is 18.2 Å². The van der Waals surface area contributed by atoms with Crippen LogP contribution in [0.1, 0.15) is 5.56 Å². The largest absolute Gasteiger partial charge is 0.0573 e. The molecule has 0 saturated carbocycles. The van der Waals surface area contributed by atoms with Gasteiger partial charge in [-0.1, -0.05) is 6.07 Å². The molecule has 54 valence electrons. The predicted molar refractivity (Wildman–Crippen MR) is 65.5 cm³/mol. The molecule has 0 aliphatic rings. The first-order valence-corrected chi connectivity index (χ1v) is 6.75. The van der Waals surface area contributed by atoms with Gasteiger partial charge in [-0.15, -0.1) is 0 Å². The van der Waals surface area contributed by atoms with Gasteiger partial charge in [-0.2, -0.15) is 0 Å². The molecule has 10 heavy (non-hydrogen) atoms. The first kappa shape index (κ1) is 8.99. The zero-order chi connectivity index (χ0) is 7.56. The van der Waals surface area contributed by atoms with E-state index in [1.807, 2.05) is 0 Å². The van der Waals surface area contributed by atoms with E-state index in [4.69, 9.17) is 0 Å². The fourth-order valence-electron chi connectivity index (χ4n) is 0.808. The molecule has 0 aliphatic carbocycles. The number of halogens is 2. The van der Waals surface area contributed by atoms with Crippen LogP contribution < -0.4 is 0 Å². The third-order valence-electron chi connectivity index (χ3n) is 1.40. The van der Waals surface area contributed by atoms with Crippen LogP contribution in [0.25, 0.3) is 0 Å². The predicted octanol–water partition coefficient (Wildman–Crippen LogP) is 1.76. The van der Waals surface area contributed by atoms with Crippen molar-refractivity contribution < 1.29 is 0 Å². The molecule has 0 fully saturated rings. The summed E-state index contributed by atoms with van der Waals surface area (Å²) in [4.78, 5) is 0. The molecule has 1 aromatic rings. The molecule has 0 unspecified atom stereocenters. The topological polar surface area (TPSA) is 0 Å². The number of rotatable bonds is 1. The summed E-state index contributed by atoms with van der Waals surface area (Å²) in [6.07, 6.45) is 0. The second-order valence-electron chi connectivity index (χ2n) is 2.09. The van der Waals surface area contributed by atoms with Gasteiger partial charge < -0.3 is 0 Å². The molecule has 0 bridgehead atoms. The van der Waals surface area contributed by atoms with Crippen LogP contribution in [0.5, 0.6) is 0 Å². The summed E-state index contributed by atoms with van der Waals surface area (Å²) in [7, 11) is 1.27. The van der Waals surface area contributed by atoms with Gasteiger partial charge in [0.2, 0.25) is 0 Å². The zero-order valence-corrected chi connectivity index (χ0v) is 12.0. The fraction of sp³-hybridized carbons (Fsp3) is 0.143. The van der Waals surface area contributed by atoms with Gasteiger partial charge in [0.15, 0.2) is 0 Å². The molecule has 3 heteroatoms. The van der Waals surface area contributed by atoms with Gasteiger partial charge in [-0.3, -0.25) is 0 Å². The van der Waals surface area contributed by atoms with Crippen molar-refractivity contribution in [2.45, 2.75) is 6.04 Å². The van der Waals surface area contributed by atoms with Crippen molar-refractivity contribution >= 4 is 55.4 Å². The molecule has 1 aromatic carbocycles. The summed E-state index contributed by atoms with van der Waals surface area (Å²) in [6.45, 7) is 0. The van der Waals surface area contributed by atoms with Gasteiger partial charge >= 0.3 is 0 Å². The molecule has 0 spiro atoms. The third-order valence-corrected chi connectivity index (χ3v) is 3.83. The maximum atomic E-state index is 2.40. The van der Waals surface area contributed by atoms with Gasteiger partial charge in [0.05, 0.1) is 0 Å². The van der Waals surface area contributed by atoms with E-state index >= 15 is 0 Å². The van der Waals surface area contributed by atoms with Crippen LogP contribution in [-0.2, 0) is 6.04 Å². The average Bonchev–Trinajstić information content (AvgIpc) is 1.88. The summed E-state index contributed by atoms with van der Waals surface area (Å²) in [5.74, 6) is 0. The lowest BCUT2D eigenvalue weighted by Crippen LogP contribution is -1.88. The van der Waals surface area contributed by atoms with Gasteiger partial charge in [0.25, 0.3) is 0 Å². The third kappa shape index (κ3) is 2.20. The van der Waals surface area contributed by atoms with Crippen molar-refractivity contribution in [1.82, 2.24) is 0 Å². The Morgan fingerprint density at radius 2 is 2.00 bits per heavy atom. The highest BCUT2D eigenvalue weighted by Crippen LogP contribution is 2.15. The van der Waals surface area contributed by atoms with Crippen LogP contribution in [0.3, 0.4) is 0 Å². The first-order chi connectivity index (χ1) is 4.74. The molecule has 0 heterocycles. The minimum Gasteiger partial charge on any atom is -0.0573 e. The summed E-state index contributed by atoms with van der Waals surface area (Å²) in [5, 5.41) is 0. The molecule has 1 rings (SSSR count). The highest BCUT2D eigenvalue weighted by Gasteiger charge is 1.95. The molecule has 0 aromatic heterocycles. The smallest absolute Gasteiger partial charge is 0.0169 e. The van der Waals surface area contributed by atoms with E-state index < -0.39 is 0 Å². The second kappa shape index (κ2) is 4.06. The Balaban J connectivity index is 3.07. The maximum Gasteiger partial charge on any atom is 0.0169 e. The summed E-state index contributed by atoms with van der Waals surface area (Å²) in [5.41, 5.74) is 1.51. The molecule has 0 saturated heterocycles. The van der Waals surface area contributed by atoms with Crippen LogP contribution in [0.4, 0.5) is 0 Å². The average molecular weight is 374 g/mol. The molecule has 0 nitrogen and oxygen atoms in total.